The molecule has 2 aromatic heterocycles. The number of aryl methyl sites for hydroxylation is 1. The van der Waals surface area contributed by atoms with Gasteiger partial charge in [-0.2, -0.15) is 0 Å². The van der Waals surface area contributed by atoms with Crippen LogP contribution in [0.25, 0.3) is 0 Å². The molecule has 0 fully saturated rings. The van der Waals surface area contributed by atoms with Gasteiger partial charge in [0.1, 0.15) is 17.7 Å². The lowest BCUT2D eigenvalue weighted by Crippen LogP contribution is -2.13. The maximum atomic E-state index is 12.0. The minimum atomic E-state index is -0.245. The van der Waals surface area contributed by atoms with Crippen molar-refractivity contribution in [2.45, 2.75) is 6.92 Å². The Hall–Kier alpha value is -3.28. The van der Waals surface area contributed by atoms with Crippen molar-refractivity contribution in [3.63, 3.8) is 0 Å². The first kappa shape index (κ1) is 14.6. The number of aromatic amines is 1. The molecule has 0 saturated heterocycles. The monoisotopic (exact) mass is 309 g/mol. The van der Waals surface area contributed by atoms with Crippen molar-refractivity contribution >= 4 is 23.2 Å². The van der Waals surface area contributed by atoms with Crippen LogP contribution in [0.4, 0.5) is 11.4 Å². The third-order valence-electron chi connectivity index (χ3n) is 3.24. The second-order valence-electron chi connectivity index (χ2n) is 5.02. The fourth-order valence-corrected chi connectivity index (χ4v) is 2.07. The molecule has 116 valence electrons. The van der Waals surface area contributed by atoms with Crippen molar-refractivity contribution in [2.24, 2.45) is 0 Å². The number of anilines is 2. The molecule has 2 amide bonds. The molecule has 6 nitrogen and oxygen atoms in total. The quantitative estimate of drug-likeness (QED) is 0.690. The fourth-order valence-electron chi connectivity index (χ4n) is 2.07. The number of aromatic nitrogens is 1. The van der Waals surface area contributed by atoms with Crippen LogP contribution in [0.1, 0.15) is 26.6 Å². The van der Waals surface area contributed by atoms with E-state index >= 15 is 0 Å². The van der Waals surface area contributed by atoms with Crippen LogP contribution in [-0.4, -0.2) is 16.8 Å². The van der Waals surface area contributed by atoms with Gasteiger partial charge >= 0.3 is 0 Å². The molecule has 0 saturated carbocycles. The number of carbonyl (C=O) groups excluding carboxylic acids is 2. The number of benzene rings is 1. The lowest BCUT2D eigenvalue weighted by molar-refractivity contribution is 0.101. The first-order chi connectivity index (χ1) is 11.1. The highest BCUT2D eigenvalue weighted by molar-refractivity contribution is 6.05. The van der Waals surface area contributed by atoms with Gasteiger partial charge in [0, 0.05) is 17.6 Å². The number of H-pyrrole nitrogens is 1. The largest absolute Gasteiger partial charge is 0.469 e. The Balaban J connectivity index is 1.63. The zero-order chi connectivity index (χ0) is 16.2. The summed E-state index contributed by atoms with van der Waals surface area (Å²) in [6, 6.07) is 12.0. The van der Waals surface area contributed by atoms with Crippen molar-refractivity contribution in [3.8, 4) is 0 Å². The van der Waals surface area contributed by atoms with Gasteiger partial charge in [0.15, 0.2) is 0 Å². The third-order valence-corrected chi connectivity index (χ3v) is 3.24. The summed E-state index contributed by atoms with van der Waals surface area (Å²) < 4.78 is 5.11. The highest BCUT2D eigenvalue weighted by Gasteiger charge is 2.09. The van der Waals surface area contributed by atoms with Crippen molar-refractivity contribution in [1.82, 2.24) is 4.98 Å². The Morgan fingerprint density at radius 1 is 1.00 bits per heavy atom. The van der Waals surface area contributed by atoms with Crippen LogP contribution in [-0.2, 0) is 0 Å². The Kier molecular flexibility index (Phi) is 3.97. The zero-order valence-corrected chi connectivity index (χ0v) is 12.4. The van der Waals surface area contributed by atoms with Gasteiger partial charge in [0.05, 0.1) is 5.56 Å². The summed E-state index contributed by atoms with van der Waals surface area (Å²) in [7, 11) is 0. The molecule has 1 aromatic carbocycles. The Bertz CT molecular complexity index is 817. The average molecular weight is 309 g/mol. The highest BCUT2D eigenvalue weighted by atomic mass is 16.3. The molecule has 0 aliphatic heterocycles. The molecule has 0 atom stereocenters. The lowest BCUT2D eigenvalue weighted by atomic mass is 10.2. The molecule has 6 heteroatoms. The van der Waals surface area contributed by atoms with E-state index in [4.69, 9.17) is 4.42 Å². The molecule has 0 aliphatic rings. The molecule has 2 heterocycles. The summed E-state index contributed by atoms with van der Waals surface area (Å²) in [5.41, 5.74) is 2.22. The van der Waals surface area contributed by atoms with Gasteiger partial charge in [0.25, 0.3) is 11.8 Å². The number of hydrogen-bond donors (Lipinski definition) is 3. The van der Waals surface area contributed by atoms with Gasteiger partial charge in [-0.05, 0) is 49.4 Å². The zero-order valence-electron chi connectivity index (χ0n) is 12.4. The molecular weight excluding hydrogens is 294 g/mol. The first-order valence-electron chi connectivity index (χ1n) is 7.03. The average Bonchev–Trinajstić information content (AvgIpc) is 3.20. The minimum absolute atomic E-state index is 0.222. The van der Waals surface area contributed by atoms with Gasteiger partial charge < -0.3 is 20.0 Å². The van der Waals surface area contributed by atoms with E-state index in [2.05, 4.69) is 15.6 Å². The highest BCUT2D eigenvalue weighted by Crippen LogP contribution is 2.16. The van der Waals surface area contributed by atoms with Crippen molar-refractivity contribution in [1.29, 1.82) is 0 Å². The molecule has 3 N–H and O–H groups in total. The Labute approximate surface area is 132 Å². The van der Waals surface area contributed by atoms with Crippen molar-refractivity contribution < 1.29 is 14.0 Å². The molecule has 0 unspecified atom stereocenters. The van der Waals surface area contributed by atoms with E-state index in [1.165, 1.54) is 6.26 Å². The van der Waals surface area contributed by atoms with Gasteiger partial charge in [0.2, 0.25) is 0 Å². The topological polar surface area (TPSA) is 87.1 Å². The van der Waals surface area contributed by atoms with Crippen molar-refractivity contribution in [2.75, 3.05) is 10.6 Å². The van der Waals surface area contributed by atoms with Crippen LogP contribution in [0, 0.1) is 6.92 Å². The van der Waals surface area contributed by atoms with Gasteiger partial charge in [-0.15, -0.1) is 0 Å². The summed E-state index contributed by atoms with van der Waals surface area (Å²) in [4.78, 5) is 26.7. The number of rotatable bonds is 4. The molecule has 0 radical (unpaired) electrons. The summed E-state index contributed by atoms with van der Waals surface area (Å²) in [6.45, 7) is 1.78. The van der Waals surface area contributed by atoms with Gasteiger partial charge in [-0.25, -0.2) is 0 Å². The molecule has 3 rings (SSSR count). The summed E-state index contributed by atoms with van der Waals surface area (Å²) >= 11 is 0. The molecule has 3 aromatic rings. The van der Waals surface area contributed by atoms with E-state index in [1.807, 2.05) is 0 Å². The summed E-state index contributed by atoms with van der Waals surface area (Å²) in [5, 5.41) is 5.52. The van der Waals surface area contributed by atoms with E-state index in [9.17, 15) is 9.59 Å². The molecule has 0 bridgehead atoms. The van der Waals surface area contributed by atoms with Gasteiger partial charge in [-0.1, -0.05) is 0 Å². The van der Waals surface area contributed by atoms with E-state index < -0.39 is 0 Å². The van der Waals surface area contributed by atoms with E-state index in [1.54, 1.807) is 55.6 Å². The van der Waals surface area contributed by atoms with E-state index in [0.29, 0.717) is 28.4 Å². The first-order valence-corrected chi connectivity index (χ1v) is 7.03. The summed E-state index contributed by atoms with van der Waals surface area (Å²) in [5.74, 6) is 0.211. The third kappa shape index (κ3) is 3.49. The predicted molar refractivity (Wildman–Crippen MR) is 86.6 cm³/mol. The van der Waals surface area contributed by atoms with Crippen LogP contribution in [0.5, 0.6) is 0 Å². The predicted octanol–water partition coefficient (Wildman–Crippen LogP) is 3.42. The Morgan fingerprint density at radius 2 is 1.65 bits per heavy atom. The smallest absolute Gasteiger partial charge is 0.272 e. The minimum Gasteiger partial charge on any atom is -0.469 e. The van der Waals surface area contributed by atoms with Crippen LogP contribution < -0.4 is 10.6 Å². The number of amides is 2. The van der Waals surface area contributed by atoms with Crippen LogP contribution >= 0.6 is 0 Å². The molecular formula is C17H15N3O3. The lowest BCUT2D eigenvalue weighted by Gasteiger charge is -2.06. The number of furan rings is 1. The van der Waals surface area contributed by atoms with E-state index in [0.717, 1.165) is 0 Å². The van der Waals surface area contributed by atoms with Crippen LogP contribution in [0.15, 0.2) is 59.3 Å². The molecule has 0 spiro atoms. The van der Waals surface area contributed by atoms with Crippen LogP contribution in [0.3, 0.4) is 0 Å². The molecule has 0 aliphatic carbocycles. The van der Waals surface area contributed by atoms with Gasteiger partial charge in [-0.3, -0.25) is 9.59 Å². The van der Waals surface area contributed by atoms with Crippen molar-refractivity contribution in [3.05, 3.63) is 71.9 Å². The second kappa shape index (κ2) is 6.23. The second-order valence-corrected chi connectivity index (χ2v) is 5.02. The van der Waals surface area contributed by atoms with E-state index in [-0.39, 0.29) is 11.8 Å². The summed E-state index contributed by atoms with van der Waals surface area (Å²) in [6.07, 6.45) is 3.10. The SMILES string of the molecule is Cc1cc(C(=O)Nc2ccc(NC(=O)c3ccc[nH]3)cc2)co1. The number of hydrogen-bond acceptors (Lipinski definition) is 3. The number of carbonyl (C=O) groups is 2. The standard InChI is InChI=1S/C17H15N3O3/c1-11-9-12(10-23-11)16(21)19-13-4-6-14(7-5-13)20-17(22)15-3-2-8-18-15/h2-10,18H,1H3,(H,19,21)(H,20,22). The maximum Gasteiger partial charge on any atom is 0.272 e. The number of nitrogens with one attached hydrogen (secondary N) is 3. The van der Waals surface area contributed by atoms with Crippen LogP contribution in [0.2, 0.25) is 0 Å². The maximum absolute atomic E-state index is 12.0. The molecule has 23 heavy (non-hydrogen) atoms. The Morgan fingerprint density at radius 3 is 2.17 bits per heavy atom. The normalized spacial score (nSPS) is 10.3. The fraction of sp³-hybridized carbons (Fsp3) is 0.0588.